The Kier molecular flexibility index (Phi) is 6.05. The number of carbonyl (C=O) groups excluding carboxylic acids is 1. The Labute approximate surface area is 142 Å². The van der Waals surface area contributed by atoms with Crippen LogP contribution in [0.4, 0.5) is 5.69 Å². The van der Waals surface area contributed by atoms with Crippen LogP contribution in [-0.2, 0) is 11.2 Å². The molecule has 0 atom stereocenters. The van der Waals surface area contributed by atoms with Crippen LogP contribution in [0.15, 0.2) is 36.4 Å². The van der Waals surface area contributed by atoms with Gasteiger partial charge >= 0.3 is 0 Å². The Balaban J connectivity index is 1.89. The van der Waals surface area contributed by atoms with Crippen LogP contribution in [0.2, 0.25) is 5.02 Å². The second-order valence-corrected chi connectivity index (χ2v) is 6.10. The Morgan fingerprint density at radius 1 is 1.17 bits per heavy atom. The molecule has 2 aromatic carbocycles. The minimum absolute atomic E-state index is 0.0165. The third-order valence-electron chi connectivity index (χ3n) is 3.74. The molecule has 122 valence electrons. The van der Waals surface area contributed by atoms with Crippen LogP contribution in [0.25, 0.3) is 0 Å². The maximum Gasteiger partial charge on any atom is 0.224 e. The minimum atomic E-state index is -0.0165. The first-order valence-corrected chi connectivity index (χ1v) is 8.07. The average Bonchev–Trinajstić information content (AvgIpc) is 2.52. The molecule has 0 spiro atoms. The zero-order valence-electron chi connectivity index (χ0n) is 13.8. The van der Waals surface area contributed by atoms with Gasteiger partial charge in [-0.1, -0.05) is 41.4 Å². The largest absolute Gasteiger partial charge is 0.495 e. The highest BCUT2D eigenvalue weighted by molar-refractivity contribution is 6.31. The van der Waals surface area contributed by atoms with Crippen LogP contribution in [0.1, 0.15) is 29.5 Å². The molecule has 0 saturated heterocycles. The quantitative estimate of drug-likeness (QED) is 0.815. The fourth-order valence-electron chi connectivity index (χ4n) is 2.35. The third kappa shape index (κ3) is 5.00. The Hall–Kier alpha value is -2.00. The van der Waals surface area contributed by atoms with Crippen molar-refractivity contribution in [3.63, 3.8) is 0 Å². The van der Waals surface area contributed by atoms with E-state index >= 15 is 0 Å². The molecule has 0 heterocycles. The lowest BCUT2D eigenvalue weighted by atomic mass is 10.1. The van der Waals surface area contributed by atoms with Gasteiger partial charge in [-0.15, -0.1) is 0 Å². The number of rotatable bonds is 6. The van der Waals surface area contributed by atoms with Crippen molar-refractivity contribution in [3.05, 3.63) is 58.1 Å². The van der Waals surface area contributed by atoms with Crippen LogP contribution in [-0.4, -0.2) is 13.0 Å². The fourth-order valence-corrected chi connectivity index (χ4v) is 2.50. The SMILES string of the molecule is COc1cc(Cl)c(C)cc1NC(=O)CCCc1ccc(C)cc1. The predicted molar refractivity (Wildman–Crippen MR) is 95.5 cm³/mol. The Morgan fingerprint density at radius 3 is 2.52 bits per heavy atom. The smallest absolute Gasteiger partial charge is 0.224 e. The zero-order valence-corrected chi connectivity index (χ0v) is 14.5. The zero-order chi connectivity index (χ0) is 16.8. The third-order valence-corrected chi connectivity index (χ3v) is 4.15. The van der Waals surface area contributed by atoms with Gasteiger partial charge in [-0.25, -0.2) is 0 Å². The molecule has 2 aromatic rings. The van der Waals surface area contributed by atoms with Crippen molar-refractivity contribution in [2.24, 2.45) is 0 Å². The number of nitrogens with one attached hydrogen (secondary N) is 1. The van der Waals surface area contributed by atoms with E-state index in [9.17, 15) is 4.79 Å². The molecule has 0 aliphatic carbocycles. The summed E-state index contributed by atoms with van der Waals surface area (Å²) in [5.74, 6) is 0.560. The molecular weight excluding hydrogens is 310 g/mol. The normalized spacial score (nSPS) is 10.4. The number of anilines is 1. The van der Waals surface area contributed by atoms with Crippen LogP contribution in [0, 0.1) is 13.8 Å². The van der Waals surface area contributed by atoms with E-state index in [1.54, 1.807) is 13.2 Å². The molecule has 0 unspecified atom stereocenters. The average molecular weight is 332 g/mol. The van der Waals surface area contributed by atoms with Crippen molar-refractivity contribution >= 4 is 23.2 Å². The molecule has 0 aliphatic rings. The molecule has 0 aromatic heterocycles. The molecule has 0 radical (unpaired) electrons. The molecule has 0 bridgehead atoms. The molecule has 1 amide bonds. The van der Waals surface area contributed by atoms with Crippen molar-refractivity contribution in [1.82, 2.24) is 0 Å². The summed E-state index contributed by atoms with van der Waals surface area (Å²) in [6.45, 7) is 3.97. The number of hydrogen-bond donors (Lipinski definition) is 1. The van der Waals surface area contributed by atoms with Gasteiger partial charge in [0.2, 0.25) is 5.91 Å². The number of benzene rings is 2. The number of hydrogen-bond acceptors (Lipinski definition) is 2. The van der Waals surface area contributed by atoms with Gasteiger partial charge in [0.1, 0.15) is 5.75 Å². The highest BCUT2D eigenvalue weighted by Gasteiger charge is 2.10. The minimum Gasteiger partial charge on any atom is -0.495 e. The van der Waals surface area contributed by atoms with Gasteiger partial charge in [0, 0.05) is 17.5 Å². The van der Waals surface area contributed by atoms with Gasteiger partial charge in [0.25, 0.3) is 0 Å². The molecule has 4 heteroatoms. The Morgan fingerprint density at radius 2 is 1.87 bits per heavy atom. The second kappa shape index (κ2) is 8.02. The molecule has 1 N–H and O–H groups in total. The maximum atomic E-state index is 12.1. The number of halogens is 1. The first-order chi connectivity index (χ1) is 11.0. The summed E-state index contributed by atoms with van der Waals surface area (Å²) in [5.41, 5.74) is 4.07. The van der Waals surface area contributed by atoms with E-state index in [-0.39, 0.29) is 5.91 Å². The second-order valence-electron chi connectivity index (χ2n) is 5.69. The highest BCUT2D eigenvalue weighted by atomic mass is 35.5. The molecule has 0 aliphatic heterocycles. The molecular formula is C19H22ClNO2. The van der Waals surface area contributed by atoms with E-state index in [1.165, 1.54) is 11.1 Å². The van der Waals surface area contributed by atoms with Crippen molar-refractivity contribution in [2.75, 3.05) is 12.4 Å². The molecule has 3 nitrogen and oxygen atoms in total. The number of methoxy groups -OCH3 is 1. The molecule has 2 rings (SSSR count). The van der Waals surface area contributed by atoms with E-state index < -0.39 is 0 Å². The molecule has 23 heavy (non-hydrogen) atoms. The van der Waals surface area contributed by atoms with E-state index in [2.05, 4.69) is 36.5 Å². The fraction of sp³-hybridized carbons (Fsp3) is 0.316. The predicted octanol–water partition coefficient (Wildman–Crippen LogP) is 4.93. The topological polar surface area (TPSA) is 38.3 Å². The maximum absolute atomic E-state index is 12.1. The summed E-state index contributed by atoms with van der Waals surface area (Å²) in [4.78, 5) is 12.1. The number of ether oxygens (including phenoxy) is 1. The first-order valence-electron chi connectivity index (χ1n) is 7.69. The lowest BCUT2D eigenvalue weighted by Gasteiger charge is -2.12. The summed E-state index contributed by atoms with van der Waals surface area (Å²) in [7, 11) is 1.56. The van der Waals surface area contributed by atoms with E-state index in [1.807, 2.05) is 13.0 Å². The van der Waals surface area contributed by atoms with Gasteiger partial charge in [-0.3, -0.25) is 4.79 Å². The monoisotopic (exact) mass is 331 g/mol. The van der Waals surface area contributed by atoms with Crippen molar-refractivity contribution in [3.8, 4) is 5.75 Å². The summed E-state index contributed by atoms with van der Waals surface area (Å²) in [6, 6.07) is 12.0. The van der Waals surface area contributed by atoms with Crippen molar-refractivity contribution in [2.45, 2.75) is 33.1 Å². The number of carbonyl (C=O) groups is 1. The van der Waals surface area contributed by atoms with E-state index in [0.29, 0.717) is 22.9 Å². The lowest BCUT2D eigenvalue weighted by Crippen LogP contribution is -2.12. The van der Waals surface area contributed by atoms with Crippen LogP contribution in [0.5, 0.6) is 5.75 Å². The van der Waals surface area contributed by atoms with E-state index in [4.69, 9.17) is 16.3 Å². The standard InChI is InChI=1S/C19H22ClNO2/c1-13-7-9-15(10-8-13)5-4-6-19(22)21-17-11-14(2)16(20)12-18(17)23-3/h7-12H,4-6H2,1-3H3,(H,21,22). The summed E-state index contributed by atoms with van der Waals surface area (Å²) < 4.78 is 5.27. The van der Waals surface area contributed by atoms with Crippen LogP contribution >= 0.6 is 11.6 Å². The number of aryl methyl sites for hydroxylation is 3. The van der Waals surface area contributed by atoms with Gasteiger partial charge < -0.3 is 10.1 Å². The highest BCUT2D eigenvalue weighted by Crippen LogP contribution is 2.31. The molecule has 0 saturated carbocycles. The van der Waals surface area contributed by atoms with Crippen molar-refractivity contribution < 1.29 is 9.53 Å². The summed E-state index contributed by atoms with van der Waals surface area (Å²) in [5, 5.41) is 3.53. The van der Waals surface area contributed by atoms with Gasteiger partial charge in [0.05, 0.1) is 12.8 Å². The summed E-state index contributed by atoms with van der Waals surface area (Å²) in [6.07, 6.45) is 2.17. The Bertz CT molecular complexity index is 681. The number of amides is 1. The van der Waals surface area contributed by atoms with E-state index in [0.717, 1.165) is 18.4 Å². The van der Waals surface area contributed by atoms with Crippen molar-refractivity contribution in [1.29, 1.82) is 0 Å². The summed E-state index contributed by atoms with van der Waals surface area (Å²) >= 11 is 6.07. The van der Waals surface area contributed by atoms with Crippen LogP contribution in [0.3, 0.4) is 0 Å². The van der Waals surface area contributed by atoms with Crippen LogP contribution < -0.4 is 10.1 Å². The van der Waals surface area contributed by atoms with Gasteiger partial charge in [-0.2, -0.15) is 0 Å². The first kappa shape index (κ1) is 17.4. The lowest BCUT2D eigenvalue weighted by molar-refractivity contribution is -0.116. The van der Waals surface area contributed by atoms with Gasteiger partial charge in [0.15, 0.2) is 0 Å². The van der Waals surface area contributed by atoms with Gasteiger partial charge in [-0.05, 0) is 43.9 Å². The molecule has 0 fully saturated rings.